The molecule has 0 radical (unpaired) electrons. The zero-order valence-electron chi connectivity index (χ0n) is 23.5. The minimum Gasteiger partial charge on any atom is -0.344 e. The Morgan fingerprint density at radius 2 is 1.24 bits per heavy atom. The normalized spacial score (nSPS) is 12.3. The molecule has 38 heavy (non-hydrogen) atoms. The van der Waals surface area contributed by atoms with Crippen LogP contribution in [0.4, 0.5) is 0 Å². The van der Waals surface area contributed by atoms with E-state index in [1.165, 1.54) is 70.6 Å². The van der Waals surface area contributed by atoms with Gasteiger partial charge in [-0.2, -0.15) is 5.10 Å². The van der Waals surface area contributed by atoms with Crippen LogP contribution in [0.2, 0.25) is 0 Å². The van der Waals surface area contributed by atoms with E-state index in [1.807, 2.05) is 67.7 Å². The molecule has 0 spiro atoms. The summed E-state index contributed by atoms with van der Waals surface area (Å²) in [5, 5.41) is 5.90. The van der Waals surface area contributed by atoms with Gasteiger partial charge in [0.05, 0.1) is 22.3 Å². The predicted molar refractivity (Wildman–Crippen MR) is 161 cm³/mol. The average molecular weight is 538 g/mol. The summed E-state index contributed by atoms with van der Waals surface area (Å²) in [6.07, 6.45) is 17.4. The molecule has 0 aliphatic heterocycles. The number of para-hydroxylation sites is 1. The zero-order valence-corrected chi connectivity index (χ0v) is 24.3. The third-order valence-corrected chi connectivity index (χ3v) is 8.51. The van der Waals surface area contributed by atoms with Crippen LogP contribution in [-0.2, 0) is 17.1 Å². The van der Waals surface area contributed by atoms with Crippen molar-refractivity contribution in [3.63, 3.8) is 0 Å². The van der Waals surface area contributed by atoms with Crippen molar-refractivity contribution in [2.24, 2.45) is 12.1 Å². The van der Waals surface area contributed by atoms with Crippen LogP contribution in [0.15, 0.2) is 65.8 Å². The monoisotopic (exact) mass is 537 g/mol. The fraction of sp³-hybridized carbons (Fsp3) is 0.531. The fourth-order valence-corrected chi connectivity index (χ4v) is 5.96. The van der Waals surface area contributed by atoms with Gasteiger partial charge in [-0.3, -0.25) is 0 Å². The molecule has 0 unspecified atom stereocenters. The zero-order chi connectivity index (χ0) is 27.1. The topological polar surface area (TPSA) is 63.5 Å². The largest absolute Gasteiger partial charge is 0.344 e. The number of fused-ring (bicyclic) bond motifs is 1. The first kappa shape index (κ1) is 29.9. The van der Waals surface area contributed by atoms with E-state index in [-0.39, 0.29) is 5.75 Å². The van der Waals surface area contributed by atoms with Crippen LogP contribution in [0.25, 0.3) is 22.2 Å². The Kier molecular flexibility index (Phi) is 12.9. The number of rotatable bonds is 18. The second-order valence-corrected chi connectivity index (χ2v) is 12.3. The van der Waals surface area contributed by atoms with E-state index in [1.54, 1.807) is 0 Å². The van der Waals surface area contributed by atoms with Crippen molar-refractivity contribution in [2.75, 3.05) is 5.75 Å². The molecule has 208 valence electrons. The van der Waals surface area contributed by atoms with Gasteiger partial charge in [-0.1, -0.05) is 139 Å². The summed E-state index contributed by atoms with van der Waals surface area (Å²) in [4.78, 5) is 2.50. The molecule has 3 aromatic rings. The minimum atomic E-state index is -3.48. The fourth-order valence-electron chi connectivity index (χ4n) is 5.05. The maximum Gasteiger partial charge on any atom is 0.247 e. The molecule has 0 fully saturated rings. The molecule has 1 heterocycles. The second-order valence-electron chi connectivity index (χ2n) is 10.5. The van der Waals surface area contributed by atoms with E-state index < -0.39 is 10.0 Å². The van der Waals surface area contributed by atoms with Gasteiger partial charge in [0, 0.05) is 12.4 Å². The lowest BCUT2D eigenvalue weighted by molar-refractivity contribution is 0.536. The van der Waals surface area contributed by atoms with Gasteiger partial charge < -0.3 is 4.57 Å². The summed E-state index contributed by atoms with van der Waals surface area (Å²) >= 11 is 0. The molecular weight excluding hydrogens is 490 g/mol. The number of aryl methyl sites for hydroxylation is 1. The summed E-state index contributed by atoms with van der Waals surface area (Å²) < 4.78 is 27.5. The molecule has 0 saturated carbocycles. The molecule has 1 aromatic heterocycles. The van der Waals surface area contributed by atoms with Crippen molar-refractivity contribution < 1.29 is 8.42 Å². The van der Waals surface area contributed by atoms with Gasteiger partial charge in [-0.25, -0.2) is 13.2 Å². The number of unbranched alkanes of at least 4 members (excludes halogenated alkanes) is 13. The summed E-state index contributed by atoms with van der Waals surface area (Å²) in [6.45, 7) is 2.26. The van der Waals surface area contributed by atoms with E-state index in [9.17, 15) is 8.42 Å². The quantitative estimate of drug-likeness (QED) is 0.132. The summed E-state index contributed by atoms with van der Waals surface area (Å²) in [6, 6.07) is 20.0. The van der Waals surface area contributed by atoms with Gasteiger partial charge in [-0.05, 0) is 24.1 Å². The highest BCUT2D eigenvalue weighted by Crippen LogP contribution is 2.21. The molecule has 0 amide bonds. The SMILES string of the molecule is CCCCCCCCCCCCCCCCS(=O)(=O)N/N=c1\cc(-c2ccccc2)n(C)c2ccccc12. The molecule has 3 rings (SSSR count). The third-order valence-electron chi connectivity index (χ3n) is 7.32. The maximum absolute atomic E-state index is 12.7. The Labute approximate surface area is 230 Å². The number of nitrogens with zero attached hydrogens (tertiary/aromatic N) is 2. The lowest BCUT2D eigenvalue weighted by Gasteiger charge is -2.13. The molecule has 0 saturated heterocycles. The summed E-state index contributed by atoms with van der Waals surface area (Å²) in [7, 11) is -1.45. The number of sulfonamides is 1. The molecule has 0 atom stereocenters. The van der Waals surface area contributed by atoms with Crippen molar-refractivity contribution in [1.29, 1.82) is 0 Å². The predicted octanol–water partition coefficient (Wildman–Crippen LogP) is 8.06. The summed E-state index contributed by atoms with van der Waals surface area (Å²) in [5.41, 5.74) is 3.04. The Balaban J connectivity index is 1.43. The van der Waals surface area contributed by atoms with Gasteiger partial charge in [0.25, 0.3) is 0 Å². The number of pyridine rings is 1. The molecule has 0 aliphatic rings. The molecule has 5 nitrogen and oxygen atoms in total. The highest BCUT2D eigenvalue weighted by molar-refractivity contribution is 7.89. The Hall–Kier alpha value is -2.60. The number of hydrogen-bond donors (Lipinski definition) is 1. The molecule has 6 heteroatoms. The van der Waals surface area contributed by atoms with Gasteiger partial charge >= 0.3 is 0 Å². The molecule has 0 aliphatic carbocycles. The third kappa shape index (κ3) is 9.94. The van der Waals surface area contributed by atoms with Crippen LogP contribution in [0.5, 0.6) is 0 Å². The highest BCUT2D eigenvalue weighted by atomic mass is 32.2. The van der Waals surface area contributed by atoms with Crippen molar-refractivity contribution in [3.05, 3.63) is 66.0 Å². The van der Waals surface area contributed by atoms with Crippen molar-refractivity contribution in [2.45, 2.75) is 96.8 Å². The van der Waals surface area contributed by atoms with Crippen molar-refractivity contribution in [3.8, 4) is 11.3 Å². The first-order valence-electron chi connectivity index (χ1n) is 14.7. The first-order chi connectivity index (χ1) is 18.5. The number of hydrogen-bond acceptors (Lipinski definition) is 3. The van der Waals surface area contributed by atoms with E-state index in [2.05, 4.69) is 21.4 Å². The van der Waals surface area contributed by atoms with Gasteiger partial charge in [-0.15, -0.1) is 0 Å². The molecule has 1 N–H and O–H groups in total. The number of aromatic nitrogens is 1. The standard InChI is InChI=1S/C32H47N3O2S/c1-3-4-5-6-7-8-9-10-11-12-13-14-15-21-26-38(36,37)34-33-30-27-32(28-22-17-16-18-23-28)35(2)31-25-20-19-24-29(30)31/h16-20,22-25,27,34H,3-15,21,26H2,1-2H3/b33-30+. The van der Waals surface area contributed by atoms with E-state index in [0.717, 1.165) is 35.0 Å². The van der Waals surface area contributed by atoms with E-state index in [4.69, 9.17) is 0 Å². The Morgan fingerprint density at radius 3 is 1.84 bits per heavy atom. The Bertz CT molecular complexity index is 1270. The van der Waals surface area contributed by atoms with E-state index >= 15 is 0 Å². The lowest BCUT2D eigenvalue weighted by Crippen LogP contribution is -2.25. The second kappa shape index (κ2) is 16.4. The van der Waals surface area contributed by atoms with Crippen LogP contribution in [0, 0.1) is 0 Å². The van der Waals surface area contributed by atoms with Crippen LogP contribution in [-0.4, -0.2) is 18.7 Å². The van der Waals surface area contributed by atoms with Crippen LogP contribution in [0.3, 0.4) is 0 Å². The number of benzene rings is 2. The van der Waals surface area contributed by atoms with Gasteiger partial charge in [0.2, 0.25) is 10.0 Å². The van der Waals surface area contributed by atoms with Gasteiger partial charge in [0.1, 0.15) is 0 Å². The lowest BCUT2D eigenvalue weighted by atomic mass is 10.0. The molecule has 0 bridgehead atoms. The van der Waals surface area contributed by atoms with Crippen molar-refractivity contribution >= 4 is 20.9 Å². The maximum atomic E-state index is 12.7. The van der Waals surface area contributed by atoms with Crippen LogP contribution >= 0.6 is 0 Å². The number of nitrogens with one attached hydrogen (secondary N) is 1. The van der Waals surface area contributed by atoms with E-state index in [0.29, 0.717) is 11.8 Å². The smallest absolute Gasteiger partial charge is 0.247 e. The first-order valence-corrected chi connectivity index (χ1v) is 16.3. The molecule has 2 aromatic carbocycles. The van der Waals surface area contributed by atoms with Crippen LogP contribution in [0.1, 0.15) is 96.8 Å². The van der Waals surface area contributed by atoms with Crippen molar-refractivity contribution in [1.82, 2.24) is 9.40 Å². The summed E-state index contributed by atoms with van der Waals surface area (Å²) in [5.74, 6) is 0.110. The van der Waals surface area contributed by atoms with Crippen LogP contribution < -0.4 is 10.2 Å². The molecular formula is C32H47N3O2S. The van der Waals surface area contributed by atoms with Gasteiger partial charge in [0.15, 0.2) is 0 Å². The average Bonchev–Trinajstić information content (AvgIpc) is 2.93. The Morgan fingerprint density at radius 1 is 0.711 bits per heavy atom. The highest BCUT2D eigenvalue weighted by Gasteiger charge is 2.10. The minimum absolute atomic E-state index is 0.110.